The van der Waals surface area contributed by atoms with Crippen LogP contribution in [0.2, 0.25) is 0 Å². The van der Waals surface area contributed by atoms with Gasteiger partial charge < -0.3 is 20.2 Å². The molecule has 0 amide bonds. The van der Waals surface area contributed by atoms with E-state index < -0.39 is 4.92 Å². The van der Waals surface area contributed by atoms with E-state index in [1.54, 1.807) is 19.2 Å². The van der Waals surface area contributed by atoms with Crippen molar-refractivity contribution in [1.29, 1.82) is 0 Å². The summed E-state index contributed by atoms with van der Waals surface area (Å²) < 4.78 is 6.43. The molecule has 1 unspecified atom stereocenters. The molecule has 25 heavy (non-hydrogen) atoms. The minimum absolute atomic E-state index is 0.00145. The molecule has 3 aromatic rings. The van der Waals surface area contributed by atoms with Gasteiger partial charge in [0.05, 0.1) is 13.2 Å². The van der Waals surface area contributed by atoms with Crippen LogP contribution in [0.1, 0.15) is 25.5 Å². The summed E-state index contributed by atoms with van der Waals surface area (Å²) in [7, 11) is 1.63. The minimum atomic E-state index is -0.500. The second kappa shape index (κ2) is 6.76. The summed E-state index contributed by atoms with van der Waals surface area (Å²) in [5.41, 5.74) is 1.51. The predicted molar refractivity (Wildman–Crippen MR) is 93.8 cm³/mol. The maximum atomic E-state index is 11.1. The normalized spacial score (nSPS) is 12.3. The molecule has 0 saturated carbocycles. The Labute approximate surface area is 144 Å². The smallest absolute Gasteiger partial charge is 0.368 e. The van der Waals surface area contributed by atoms with Crippen LogP contribution in [0.15, 0.2) is 42.6 Å². The molecule has 1 aromatic carbocycles. The van der Waals surface area contributed by atoms with Gasteiger partial charge in [-0.15, -0.1) is 0 Å². The number of nitrogens with one attached hydrogen (secondary N) is 1. The number of nitrogens with zero attached hydrogens (tertiary/aromatic N) is 4. The van der Waals surface area contributed by atoms with Gasteiger partial charge in [0.15, 0.2) is 5.82 Å². The van der Waals surface area contributed by atoms with Crippen LogP contribution in [-0.2, 0) is 0 Å². The van der Waals surface area contributed by atoms with E-state index in [-0.39, 0.29) is 17.8 Å². The number of methoxy groups -OCH3 is 1. The van der Waals surface area contributed by atoms with Crippen LogP contribution in [0.25, 0.3) is 5.65 Å². The highest BCUT2D eigenvalue weighted by molar-refractivity contribution is 5.49. The Morgan fingerprint density at radius 2 is 1.92 bits per heavy atom. The average Bonchev–Trinajstić information content (AvgIpc) is 3.03. The van der Waals surface area contributed by atoms with Crippen LogP contribution in [-0.4, -0.2) is 26.6 Å². The number of fused-ring (bicyclic) bond motifs is 1. The van der Waals surface area contributed by atoms with Gasteiger partial charge in [0.25, 0.3) is 0 Å². The lowest BCUT2D eigenvalue weighted by Gasteiger charge is -2.23. The van der Waals surface area contributed by atoms with Gasteiger partial charge in [0.2, 0.25) is 5.65 Å². The zero-order chi connectivity index (χ0) is 18.0. The van der Waals surface area contributed by atoms with E-state index in [0.717, 1.165) is 11.3 Å². The average molecular weight is 341 g/mol. The summed E-state index contributed by atoms with van der Waals surface area (Å²) in [5, 5.41) is 18.7. The van der Waals surface area contributed by atoms with Gasteiger partial charge in [0, 0.05) is 6.07 Å². The first-order valence-electron chi connectivity index (χ1n) is 7.89. The van der Waals surface area contributed by atoms with Crippen molar-refractivity contribution >= 4 is 17.3 Å². The number of anilines is 1. The fourth-order valence-electron chi connectivity index (χ4n) is 2.67. The van der Waals surface area contributed by atoms with Crippen molar-refractivity contribution in [2.24, 2.45) is 5.92 Å². The molecule has 0 aliphatic heterocycles. The zero-order valence-corrected chi connectivity index (χ0v) is 14.2. The van der Waals surface area contributed by atoms with Gasteiger partial charge in [-0.25, -0.2) is 4.98 Å². The summed E-state index contributed by atoms with van der Waals surface area (Å²) in [6, 6.07) is 11.3. The Balaban J connectivity index is 1.92. The van der Waals surface area contributed by atoms with E-state index in [1.165, 1.54) is 10.7 Å². The molecule has 8 nitrogen and oxygen atoms in total. The van der Waals surface area contributed by atoms with Gasteiger partial charge >= 0.3 is 5.82 Å². The molecule has 2 heterocycles. The van der Waals surface area contributed by atoms with Crippen LogP contribution in [0.4, 0.5) is 11.6 Å². The van der Waals surface area contributed by atoms with Crippen LogP contribution in [0, 0.1) is 16.0 Å². The predicted octanol–water partition coefficient (Wildman–Crippen LogP) is 3.46. The number of aromatic nitrogens is 3. The molecule has 2 aromatic heterocycles. The van der Waals surface area contributed by atoms with Crippen LogP contribution in [0.3, 0.4) is 0 Å². The lowest BCUT2D eigenvalue weighted by Crippen LogP contribution is -2.18. The fraction of sp³-hybridized carbons (Fsp3) is 0.294. The number of hydrogen-bond donors (Lipinski definition) is 1. The highest BCUT2D eigenvalue weighted by Crippen LogP contribution is 2.27. The van der Waals surface area contributed by atoms with Gasteiger partial charge in [-0.05, 0) is 34.6 Å². The van der Waals surface area contributed by atoms with E-state index in [0.29, 0.717) is 11.5 Å². The van der Waals surface area contributed by atoms with Crippen molar-refractivity contribution in [2.75, 3.05) is 12.4 Å². The van der Waals surface area contributed by atoms with Crippen LogP contribution >= 0.6 is 0 Å². The SMILES string of the molecule is COc1ccc(C(Nc2ccc3ncc([N+](=O)[O-])n3n2)C(C)C)cc1. The topological polar surface area (TPSA) is 94.6 Å². The van der Waals surface area contributed by atoms with E-state index in [9.17, 15) is 10.1 Å². The van der Waals surface area contributed by atoms with Gasteiger partial charge in [-0.3, -0.25) is 0 Å². The van der Waals surface area contributed by atoms with Crippen molar-refractivity contribution in [3.05, 3.63) is 58.3 Å². The Hall–Kier alpha value is -3.16. The van der Waals surface area contributed by atoms with Crippen molar-refractivity contribution in [3.63, 3.8) is 0 Å². The summed E-state index contributed by atoms with van der Waals surface area (Å²) in [6.45, 7) is 4.19. The number of nitro groups is 1. The second-order valence-corrected chi connectivity index (χ2v) is 6.00. The minimum Gasteiger partial charge on any atom is -0.497 e. The van der Waals surface area contributed by atoms with Gasteiger partial charge in [0.1, 0.15) is 11.9 Å². The Bertz CT molecular complexity index is 889. The fourth-order valence-corrected chi connectivity index (χ4v) is 2.67. The standard InChI is InChI=1S/C17H19N5O3/c1-11(2)17(12-4-6-13(25-3)7-5-12)19-14-8-9-15-18-10-16(22(23)24)21(15)20-14/h4-11,17H,1-3H3,(H,19,20). The van der Waals surface area contributed by atoms with Gasteiger partial charge in [-0.2, -0.15) is 0 Å². The number of ether oxygens (including phenoxy) is 1. The summed E-state index contributed by atoms with van der Waals surface area (Å²) in [6.07, 6.45) is 1.20. The van der Waals surface area contributed by atoms with Crippen molar-refractivity contribution < 1.29 is 9.66 Å². The van der Waals surface area contributed by atoms with E-state index in [1.807, 2.05) is 24.3 Å². The molecule has 1 atom stereocenters. The first-order chi connectivity index (χ1) is 12.0. The molecule has 1 N–H and O–H groups in total. The largest absolute Gasteiger partial charge is 0.497 e. The number of benzene rings is 1. The Morgan fingerprint density at radius 3 is 2.52 bits per heavy atom. The van der Waals surface area contributed by atoms with Crippen molar-refractivity contribution in [2.45, 2.75) is 19.9 Å². The lowest BCUT2D eigenvalue weighted by molar-refractivity contribution is -0.391. The van der Waals surface area contributed by atoms with Gasteiger partial charge in [-0.1, -0.05) is 35.6 Å². The Morgan fingerprint density at radius 1 is 1.20 bits per heavy atom. The van der Waals surface area contributed by atoms with Crippen LogP contribution < -0.4 is 10.1 Å². The first-order valence-corrected chi connectivity index (χ1v) is 7.89. The molecule has 0 radical (unpaired) electrons. The highest BCUT2D eigenvalue weighted by atomic mass is 16.6. The molecule has 0 saturated heterocycles. The quantitative estimate of drug-likeness (QED) is 0.545. The van der Waals surface area contributed by atoms with Crippen LogP contribution in [0.5, 0.6) is 5.75 Å². The maximum Gasteiger partial charge on any atom is 0.368 e. The summed E-state index contributed by atoms with van der Waals surface area (Å²) in [5.74, 6) is 1.45. The van der Waals surface area contributed by atoms with E-state index >= 15 is 0 Å². The Kier molecular flexibility index (Phi) is 4.51. The number of imidazole rings is 1. The second-order valence-electron chi connectivity index (χ2n) is 6.00. The summed E-state index contributed by atoms with van der Waals surface area (Å²) >= 11 is 0. The third-order valence-electron chi connectivity index (χ3n) is 3.98. The van der Waals surface area contributed by atoms with E-state index in [4.69, 9.17) is 4.74 Å². The molecule has 0 spiro atoms. The van der Waals surface area contributed by atoms with E-state index in [2.05, 4.69) is 29.2 Å². The number of rotatable bonds is 6. The molecule has 0 aliphatic carbocycles. The summed E-state index contributed by atoms with van der Waals surface area (Å²) in [4.78, 5) is 14.6. The molecule has 0 aliphatic rings. The van der Waals surface area contributed by atoms with Crippen molar-refractivity contribution in [3.8, 4) is 5.75 Å². The highest BCUT2D eigenvalue weighted by Gasteiger charge is 2.20. The third-order valence-corrected chi connectivity index (χ3v) is 3.98. The molecule has 0 fully saturated rings. The molecule has 130 valence electrons. The third kappa shape index (κ3) is 3.37. The molecular weight excluding hydrogens is 322 g/mol. The first kappa shape index (κ1) is 16.7. The van der Waals surface area contributed by atoms with Crippen molar-refractivity contribution in [1.82, 2.24) is 14.6 Å². The monoisotopic (exact) mass is 341 g/mol. The molecular formula is C17H19N5O3. The zero-order valence-electron chi connectivity index (χ0n) is 14.2. The lowest BCUT2D eigenvalue weighted by atomic mass is 9.96. The number of hydrogen-bond acceptors (Lipinski definition) is 6. The maximum absolute atomic E-state index is 11.1. The molecule has 8 heteroatoms. The molecule has 0 bridgehead atoms. The molecule has 3 rings (SSSR count).